The van der Waals surface area contributed by atoms with Crippen LogP contribution in [-0.4, -0.2) is 25.8 Å². The molecule has 0 amide bonds. The molecule has 1 rings (SSSR count). The summed E-state index contributed by atoms with van der Waals surface area (Å²) in [5.74, 6) is 0.193. The number of oxime groups is 1. The zero-order valence-electron chi connectivity index (χ0n) is 6.75. The Morgan fingerprint density at radius 1 is 1.83 bits per heavy atom. The van der Waals surface area contributed by atoms with Crippen LogP contribution in [0.25, 0.3) is 0 Å². The van der Waals surface area contributed by atoms with Gasteiger partial charge in [-0.15, -0.1) is 0 Å². The number of nitrogens with zero attached hydrogens (tertiary/aromatic N) is 4. The lowest BCUT2D eigenvalue weighted by Gasteiger charge is -2.08. The Morgan fingerprint density at radius 3 is 3.08 bits per heavy atom. The fourth-order valence-electron chi connectivity index (χ4n) is 0.882. The summed E-state index contributed by atoms with van der Waals surface area (Å²) in [6, 6.07) is 0.0587. The largest absolute Gasteiger partial charge is 0.409 e. The van der Waals surface area contributed by atoms with E-state index in [0.29, 0.717) is 6.42 Å². The number of amidine groups is 1. The molecule has 0 spiro atoms. The van der Waals surface area contributed by atoms with Crippen LogP contribution in [0.3, 0.4) is 0 Å². The van der Waals surface area contributed by atoms with Crippen molar-refractivity contribution in [3.63, 3.8) is 0 Å². The monoisotopic (exact) mass is 169 g/mol. The molecule has 6 nitrogen and oxygen atoms in total. The minimum atomic E-state index is 0.0587. The van der Waals surface area contributed by atoms with E-state index in [4.69, 9.17) is 10.9 Å². The highest BCUT2D eigenvalue weighted by atomic mass is 16.4. The van der Waals surface area contributed by atoms with Gasteiger partial charge in [-0.1, -0.05) is 5.16 Å². The Labute approximate surface area is 69.7 Å². The minimum Gasteiger partial charge on any atom is -0.409 e. The first-order valence-electron chi connectivity index (χ1n) is 3.54. The first-order valence-corrected chi connectivity index (χ1v) is 3.54. The Morgan fingerprint density at radius 2 is 2.58 bits per heavy atom. The van der Waals surface area contributed by atoms with Crippen molar-refractivity contribution in [3.05, 3.63) is 12.7 Å². The summed E-state index contributed by atoms with van der Waals surface area (Å²) in [5, 5.41) is 15.1. The van der Waals surface area contributed by atoms with Crippen molar-refractivity contribution in [2.75, 3.05) is 0 Å². The highest BCUT2D eigenvalue weighted by Gasteiger charge is 2.06. The lowest BCUT2D eigenvalue weighted by atomic mass is 10.2. The summed E-state index contributed by atoms with van der Waals surface area (Å²) in [4.78, 5) is 3.79. The molecule has 12 heavy (non-hydrogen) atoms. The van der Waals surface area contributed by atoms with Crippen LogP contribution in [0, 0.1) is 0 Å². The smallest absolute Gasteiger partial charge is 0.141 e. The van der Waals surface area contributed by atoms with Gasteiger partial charge >= 0.3 is 0 Å². The first-order chi connectivity index (χ1) is 5.74. The molecule has 3 N–H and O–H groups in total. The van der Waals surface area contributed by atoms with Crippen LogP contribution in [-0.2, 0) is 0 Å². The lowest BCUT2D eigenvalue weighted by Crippen LogP contribution is -2.18. The molecular weight excluding hydrogens is 158 g/mol. The van der Waals surface area contributed by atoms with Crippen LogP contribution in [0.15, 0.2) is 17.8 Å². The molecule has 1 heterocycles. The Balaban J connectivity index is 2.55. The van der Waals surface area contributed by atoms with E-state index in [1.165, 1.54) is 6.33 Å². The van der Waals surface area contributed by atoms with E-state index in [2.05, 4.69) is 15.2 Å². The molecule has 1 atom stereocenters. The van der Waals surface area contributed by atoms with E-state index in [1.54, 1.807) is 11.0 Å². The summed E-state index contributed by atoms with van der Waals surface area (Å²) in [6.45, 7) is 1.91. The van der Waals surface area contributed by atoms with Gasteiger partial charge in [0.15, 0.2) is 0 Å². The Hall–Kier alpha value is -1.59. The Kier molecular flexibility index (Phi) is 2.62. The van der Waals surface area contributed by atoms with Crippen LogP contribution in [0.5, 0.6) is 0 Å². The van der Waals surface area contributed by atoms with E-state index >= 15 is 0 Å². The molecule has 0 saturated carbocycles. The van der Waals surface area contributed by atoms with Crippen molar-refractivity contribution >= 4 is 5.84 Å². The number of hydrogen-bond acceptors (Lipinski definition) is 4. The zero-order chi connectivity index (χ0) is 8.97. The van der Waals surface area contributed by atoms with Crippen LogP contribution >= 0.6 is 0 Å². The van der Waals surface area contributed by atoms with E-state index in [1.807, 2.05) is 6.92 Å². The topological polar surface area (TPSA) is 89.3 Å². The zero-order valence-corrected chi connectivity index (χ0v) is 6.75. The predicted molar refractivity (Wildman–Crippen MR) is 42.8 cm³/mol. The van der Waals surface area contributed by atoms with Crippen molar-refractivity contribution in [2.45, 2.75) is 19.4 Å². The second-order valence-electron chi connectivity index (χ2n) is 2.52. The van der Waals surface area contributed by atoms with Crippen LogP contribution in [0.2, 0.25) is 0 Å². The third-order valence-electron chi connectivity index (χ3n) is 1.52. The summed E-state index contributed by atoms with van der Waals surface area (Å²) in [7, 11) is 0. The molecule has 0 aliphatic heterocycles. The van der Waals surface area contributed by atoms with E-state index in [0.717, 1.165) is 0 Å². The lowest BCUT2D eigenvalue weighted by molar-refractivity contribution is 0.315. The minimum absolute atomic E-state index is 0.0587. The quantitative estimate of drug-likeness (QED) is 0.288. The molecule has 0 radical (unpaired) electrons. The summed E-state index contributed by atoms with van der Waals surface area (Å²) in [5.41, 5.74) is 5.32. The van der Waals surface area contributed by atoms with Crippen molar-refractivity contribution < 1.29 is 5.21 Å². The maximum absolute atomic E-state index is 8.30. The number of hydrogen-bond donors (Lipinski definition) is 2. The van der Waals surface area contributed by atoms with Gasteiger partial charge in [0.2, 0.25) is 0 Å². The molecule has 66 valence electrons. The molecule has 1 aromatic rings. The molecule has 0 saturated heterocycles. The molecule has 1 unspecified atom stereocenters. The third kappa shape index (κ3) is 1.94. The van der Waals surface area contributed by atoms with Gasteiger partial charge in [0, 0.05) is 6.42 Å². The van der Waals surface area contributed by atoms with Crippen LogP contribution in [0.1, 0.15) is 19.4 Å². The van der Waals surface area contributed by atoms with Gasteiger partial charge in [0.1, 0.15) is 18.5 Å². The van der Waals surface area contributed by atoms with Gasteiger partial charge in [-0.3, -0.25) is 0 Å². The number of rotatable bonds is 3. The molecule has 0 bridgehead atoms. The SMILES string of the molecule is CC(C/C(N)=N/O)n1cncn1. The summed E-state index contributed by atoms with van der Waals surface area (Å²) >= 11 is 0. The highest BCUT2D eigenvalue weighted by Crippen LogP contribution is 2.06. The third-order valence-corrected chi connectivity index (χ3v) is 1.52. The number of nitrogens with two attached hydrogens (primary N) is 1. The first kappa shape index (κ1) is 8.51. The molecule has 1 aromatic heterocycles. The second-order valence-corrected chi connectivity index (χ2v) is 2.52. The summed E-state index contributed by atoms with van der Waals surface area (Å²) in [6.07, 6.45) is 3.50. The predicted octanol–water partition coefficient (Wildman–Crippen LogP) is -0.0244. The van der Waals surface area contributed by atoms with Crippen molar-refractivity contribution in [1.82, 2.24) is 14.8 Å². The van der Waals surface area contributed by atoms with Crippen molar-refractivity contribution in [3.8, 4) is 0 Å². The van der Waals surface area contributed by atoms with Gasteiger partial charge in [-0.05, 0) is 6.92 Å². The molecule has 0 aliphatic rings. The molecule has 6 heteroatoms. The van der Waals surface area contributed by atoms with Crippen LogP contribution < -0.4 is 5.73 Å². The van der Waals surface area contributed by atoms with Gasteiger partial charge < -0.3 is 10.9 Å². The van der Waals surface area contributed by atoms with E-state index in [-0.39, 0.29) is 11.9 Å². The summed E-state index contributed by atoms with van der Waals surface area (Å²) < 4.78 is 1.65. The average molecular weight is 169 g/mol. The van der Waals surface area contributed by atoms with Crippen LogP contribution in [0.4, 0.5) is 0 Å². The molecule has 0 fully saturated rings. The van der Waals surface area contributed by atoms with Gasteiger partial charge in [-0.2, -0.15) is 5.10 Å². The van der Waals surface area contributed by atoms with Gasteiger partial charge in [-0.25, -0.2) is 9.67 Å². The van der Waals surface area contributed by atoms with Gasteiger partial charge in [0.05, 0.1) is 6.04 Å². The van der Waals surface area contributed by atoms with E-state index in [9.17, 15) is 0 Å². The van der Waals surface area contributed by atoms with Crippen molar-refractivity contribution in [2.24, 2.45) is 10.9 Å². The maximum Gasteiger partial charge on any atom is 0.141 e. The molecular formula is C6H11N5O. The second kappa shape index (κ2) is 3.70. The highest BCUT2D eigenvalue weighted by molar-refractivity contribution is 5.79. The van der Waals surface area contributed by atoms with E-state index < -0.39 is 0 Å². The molecule has 0 aliphatic carbocycles. The standard InChI is InChI=1S/C6H11N5O/c1-5(2-6(7)10-12)11-4-8-3-9-11/h3-5,12H,2H2,1H3,(H2,7,10). The fourth-order valence-corrected chi connectivity index (χ4v) is 0.882. The van der Waals surface area contributed by atoms with Crippen molar-refractivity contribution in [1.29, 1.82) is 0 Å². The normalized spacial score (nSPS) is 14.6. The Bertz CT molecular complexity index is 255. The molecule has 0 aromatic carbocycles. The number of aromatic nitrogens is 3. The maximum atomic E-state index is 8.30. The van der Waals surface area contributed by atoms with Gasteiger partial charge in [0.25, 0.3) is 0 Å². The fraction of sp³-hybridized carbons (Fsp3) is 0.500. The average Bonchev–Trinajstić information content (AvgIpc) is 2.56.